The van der Waals surface area contributed by atoms with Gasteiger partial charge in [-0.25, -0.2) is 0 Å². The zero-order chi connectivity index (χ0) is 14.1. The molecule has 0 unspecified atom stereocenters. The topological polar surface area (TPSA) is 44.7 Å². The minimum atomic E-state index is 0.317. The highest BCUT2D eigenvalue weighted by atomic mass is 16.5. The van der Waals surface area contributed by atoms with Gasteiger partial charge in [-0.15, -0.1) is 0 Å². The Balaban J connectivity index is 2.29. The smallest absolute Gasteiger partial charge is 0.120 e. The number of aromatic hydroxyl groups is 1. The van der Waals surface area contributed by atoms with E-state index in [1.807, 2.05) is 6.07 Å². The van der Waals surface area contributed by atoms with Crippen LogP contribution >= 0.6 is 0 Å². The average molecular weight is 266 g/mol. The van der Waals surface area contributed by atoms with Crippen LogP contribution in [0.4, 0.5) is 0 Å². The van der Waals surface area contributed by atoms with E-state index >= 15 is 0 Å². The molecule has 0 aliphatic heterocycles. The van der Waals surface area contributed by atoms with Gasteiger partial charge in [-0.1, -0.05) is 13.8 Å². The zero-order valence-electron chi connectivity index (χ0n) is 12.3. The second-order valence-corrected chi connectivity index (χ2v) is 4.55. The van der Waals surface area contributed by atoms with Gasteiger partial charge in [0.1, 0.15) is 11.5 Å². The van der Waals surface area contributed by atoms with Gasteiger partial charge in [-0.3, -0.25) is 0 Å². The minimum Gasteiger partial charge on any atom is -0.508 e. The number of phenolic OH excluding ortho intramolecular Hbond substituents is 1. The molecule has 4 heteroatoms. The summed E-state index contributed by atoms with van der Waals surface area (Å²) in [6.07, 6.45) is 1.12. The molecule has 0 atom stereocenters. The molecule has 0 aliphatic rings. The molecule has 1 aromatic carbocycles. The molecule has 1 rings (SSSR count). The summed E-state index contributed by atoms with van der Waals surface area (Å²) < 4.78 is 5.15. The maximum Gasteiger partial charge on any atom is 0.120 e. The first-order chi connectivity index (χ1) is 9.21. The first-order valence-electron chi connectivity index (χ1n) is 7.00. The Morgan fingerprint density at radius 2 is 2.00 bits per heavy atom. The maximum absolute atomic E-state index is 9.75. The number of benzene rings is 1. The van der Waals surface area contributed by atoms with Crippen LogP contribution in [0.5, 0.6) is 11.5 Å². The SMILES string of the molecule is CCN(CC)CCCNCc1cc(OC)ccc1O. The number of rotatable bonds is 9. The average Bonchev–Trinajstić information content (AvgIpc) is 2.44. The third-order valence-corrected chi connectivity index (χ3v) is 3.32. The monoisotopic (exact) mass is 266 g/mol. The van der Waals surface area contributed by atoms with Gasteiger partial charge in [0.05, 0.1) is 7.11 Å². The first kappa shape index (κ1) is 15.8. The van der Waals surface area contributed by atoms with E-state index in [0.29, 0.717) is 12.3 Å². The fraction of sp³-hybridized carbons (Fsp3) is 0.600. The largest absolute Gasteiger partial charge is 0.508 e. The van der Waals surface area contributed by atoms with Gasteiger partial charge in [-0.2, -0.15) is 0 Å². The molecule has 19 heavy (non-hydrogen) atoms. The number of ether oxygens (including phenoxy) is 1. The third kappa shape index (κ3) is 5.49. The number of hydrogen-bond acceptors (Lipinski definition) is 4. The van der Waals surface area contributed by atoms with Gasteiger partial charge in [0.2, 0.25) is 0 Å². The highest BCUT2D eigenvalue weighted by Gasteiger charge is 2.03. The molecule has 0 saturated heterocycles. The van der Waals surface area contributed by atoms with E-state index in [1.165, 1.54) is 0 Å². The molecule has 0 saturated carbocycles. The maximum atomic E-state index is 9.75. The molecule has 4 nitrogen and oxygen atoms in total. The lowest BCUT2D eigenvalue weighted by atomic mass is 10.2. The molecule has 2 N–H and O–H groups in total. The van der Waals surface area contributed by atoms with Gasteiger partial charge < -0.3 is 20.1 Å². The molecule has 108 valence electrons. The van der Waals surface area contributed by atoms with Gasteiger partial charge in [0, 0.05) is 12.1 Å². The number of phenols is 1. The van der Waals surface area contributed by atoms with Crippen LogP contribution < -0.4 is 10.1 Å². The number of methoxy groups -OCH3 is 1. The van der Waals surface area contributed by atoms with Gasteiger partial charge >= 0.3 is 0 Å². The highest BCUT2D eigenvalue weighted by Crippen LogP contribution is 2.22. The molecule has 0 aliphatic carbocycles. The summed E-state index contributed by atoms with van der Waals surface area (Å²) in [5.41, 5.74) is 0.877. The molecular weight excluding hydrogens is 240 g/mol. The van der Waals surface area contributed by atoms with E-state index < -0.39 is 0 Å². The number of hydrogen-bond donors (Lipinski definition) is 2. The Labute approximate surface area is 116 Å². The van der Waals surface area contributed by atoms with E-state index in [4.69, 9.17) is 4.74 Å². The van der Waals surface area contributed by atoms with Crippen molar-refractivity contribution in [1.82, 2.24) is 10.2 Å². The summed E-state index contributed by atoms with van der Waals surface area (Å²) in [7, 11) is 1.63. The molecule has 0 bridgehead atoms. The normalized spacial score (nSPS) is 10.9. The summed E-state index contributed by atoms with van der Waals surface area (Å²) in [5.74, 6) is 1.09. The molecule has 0 radical (unpaired) electrons. The Kier molecular flexibility index (Phi) is 7.30. The van der Waals surface area contributed by atoms with E-state index in [9.17, 15) is 5.11 Å². The lowest BCUT2D eigenvalue weighted by Gasteiger charge is -2.17. The second-order valence-electron chi connectivity index (χ2n) is 4.55. The van der Waals surface area contributed by atoms with Crippen molar-refractivity contribution >= 4 is 0 Å². The van der Waals surface area contributed by atoms with Crippen LogP contribution in [0.15, 0.2) is 18.2 Å². The van der Waals surface area contributed by atoms with Gasteiger partial charge in [0.25, 0.3) is 0 Å². The number of nitrogens with zero attached hydrogens (tertiary/aromatic N) is 1. The van der Waals surface area contributed by atoms with Crippen LogP contribution in [0.2, 0.25) is 0 Å². The van der Waals surface area contributed by atoms with Crippen molar-refractivity contribution in [3.8, 4) is 11.5 Å². The van der Waals surface area contributed by atoms with E-state index in [-0.39, 0.29) is 0 Å². The van der Waals surface area contributed by atoms with Gasteiger partial charge in [-0.05, 0) is 50.8 Å². The summed E-state index contributed by atoms with van der Waals surface area (Å²) in [5, 5.41) is 13.1. The lowest BCUT2D eigenvalue weighted by Crippen LogP contribution is -2.27. The standard InChI is InChI=1S/C15H26N2O2/c1-4-17(5-2)10-6-9-16-12-13-11-14(19-3)7-8-15(13)18/h7-8,11,16,18H,4-6,9-10,12H2,1-3H3. The van der Waals surface area contributed by atoms with Crippen LogP contribution in [0.25, 0.3) is 0 Å². The molecule has 0 spiro atoms. The fourth-order valence-corrected chi connectivity index (χ4v) is 2.02. The van der Waals surface area contributed by atoms with Crippen LogP contribution in [-0.2, 0) is 6.54 Å². The third-order valence-electron chi connectivity index (χ3n) is 3.32. The van der Waals surface area contributed by atoms with E-state index in [0.717, 1.165) is 43.9 Å². The Hall–Kier alpha value is -1.26. The van der Waals surface area contributed by atoms with Crippen molar-refractivity contribution in [3.05, 3.63) is 23.8 Å². The molecule has 0 aromatic heterocycles. The molecule has 0 amide bonds. The van der Waals surface area contributed by atoms with Crippen molar-refractivity contribution in [1.29, 1.82) is 0 Å². The molecule has 0 heterocycles. The molecular formula is C15H26N2O2. The van der Waals surface area contributed by atoms with Crippen molar-refractivity contribution in [3.63, 3.8) is 0 Å². The van der Waals surface area contributed by atoms with Crippen LogP contribution in [0.1, 0.15) is 25.8 Å². The summed E-state index contributed by atoms with van der Waals surface area (Å²) in [6, 6.07) is 5.30. The highest BCUT2D eigenvalue weighted by molar-refractivity contribution is 5.39. The van der Waals surface area contributed by atoms with Crippen LogP contribution in [-0.4, -0.2) is 43.3 Å². The van der Waals surface area contributed by atoms with Crippen LogP contribution in [0.3, 0.4) is 0 Å². The quantitative estimate of drug-likeness (QED) is 0.673. The van der Waals surface area contributed by atoms with E-state index in [2.05, 4.69) is 24.1 Å². The Morgan fingerprint density at radius 3 is 2.63 bits per heavy atom. The predicted molar refractivity (Wildman–Crippen MR) is 78.8 cm³/mol. The molecule has 1 aromatic rings. The predicted octanol–water partition coefficient (Wildman–Crippen LogP) is 2.22. The summed E-state index contributed by atoms with van der Waals surface area (Å²) in [6.45, 7) is 9.31. The van der Waals surface area contributed by atoms with Crippen molar-refractivity contribution in [2.75, 3.05) is 33.3 Å². The lowest BCUT2D eigenvalue weighted by molar-refractivity contribution is 0.298. The van der Waals surface area contributed by atoms with Crippen molar-refractivity contribution in [2.24, 2.45) is 0 Å². The van der Waals surface area contributed by atoms with Crippen molar-refractivity contribution in [2.45, 2.75) is 26.8 Å². The zero-order valence-corrected chi connectivity index (χ0v) is 12.3. The Bertz CT molecular complexity index is 365. The second kappa shape index (κ2) is 8.77. The Morgan fingerprint density at radius 1 is 1.26 bits per heavy atom. The van der Waals surface area contributed by atoms with E-state index in [1.54, 1.807) is 19.2 Å². The minimum absolute atomic E-state index is 0.317. The van der Waals surface area contributed by atoms with Gasteiger partial charge in [0.15, 0.2) is 0 Å². The van der Waals surface area contributed by atoms with Crippen molar-refractivity contribution < 1.29 is 9.84 Å². The first-order valence-corrected chi connectivity index (χ1v) is 7.00. The summed E-state index contributed by atoms with van der Waals surface area (Å²) >= 11 is 0. The number of nitrogens with one attached hydrogen (secondary N) is 1. The fourth-order valence-electron chi connectivity index (χ4n) is 2.02. The summed E-state index contributed by atoms with van der Waals surface area (Å²) in [4.78, 5) is 2.41. The molecule has 0 fully saturated rings. The van der Waals surface area contributed by atoms with Crippen LogP contribution in [0, 0.1) is 0 Å².